The number of alkyl halides is 1. The van der Waals surface area contributed by atoms with Crippen molar-refractivity contribution in [1.29, 1.82) is 0 Å². The number of hydrogen-bond donors (Lipinski definition) is 0. The Balaban J connectivity index is 1.70. The molecule has 2 aromatic carbocycles. The molecular weight excluding hydrogens is 382 g/mol. The highest BCUT2D eigenvalue weighted by Gasteiger charge is 2.38. The van der Waals surface area contributed by atoms with Crippen LogP contribution in [0.3, 0.4) is 0 Å². The standard InChI is InChI=1S/C20H20BrNO3/c21-19-17(13-15-7-3-1-4-8-15)22(12-11-18(19)23)20(24)25-14-16-9-5-2-6-10-16/h1-10,17,19H,11-14H2. The summed E-state index contributed by atoms with van der Waals surface area (Å²) in [5, 5.41) is 0. The minimum Gasteiger partial charge on any atom is -0.445 e. The van der Waals surface area contributed by atoms with Gasteiger partial charge in [-0.15, -0.1) is 0 Å². The van der Waals surface area contributed by atoms with Crippen LogP contribution in [-0.4, -0.2) is 34.2 Å². The first-order valence-corrected chi connectivity index (χ1v) is 9.25. The Morgan fingerprint density at radius 2 is 1.64 bits per heavy atom. The molecule has 1 aliphatic heterocycles. The Labute approximate surface area is 155 Å². The van der Waals surface area contributed by atoms with Crippen LogP contribution in [0.15, 0.2) is 60.7 Å². The second kappa shape index (κ2) is 8.30. The van der Waals surface area contributed by atoms with Crippen LogP contribution in [-0.2, 0) is 22.6 Å². The van der Waals surface area contributed by atoms with Gasteiger partial charge in [-0.05, 0) is 17.5 Å². The van der Waals surface area contributed by atoms with Crippen LogP contribution in [0.4, 0.5) is 4.79 Å². The number of ether oxygens (including phenoxy) is 1. The molecule has 1 fully saturated rings. The molecule has 1 heterocycles. The van der Waals surface area contributed by atoms with E-state index in [2.05, 4.69) is 15.9 Å². The second-order valence-electron chi connectivity index (χ2n) is 6.11. The van der Waals surface area contributed by atoms with Gasteiger partial charge in [0.05, 0.1) is 10.9 Å². The molecule has 0 N–H and O–H groups in total. The number of Topliss-reactive ketones (excluding diaryl/α,β-unsaturated/α-hetero) is 1. The third kappa shape index (κ3) is 4.48. The number of nitrogens with zero attached hydrogens (tertiary/aromatic N) is 1. The molecule has 2 atom stereocenters. The van der Waals surface area contributed by atoms with Crippen LogP contribution >= 0.6 is 15.9 Å². The van der Waals surface area contributed by atoms with E-state index >= 15 is 0 Å². The van der Waals surface area contributed by atoms with E-state index in [1.165, 1.54) is 0 Å². The van der Waals surface area contributed by atoms with Crippen molar-refractivity contribution >= 4 is 27.8 Å². The number of amides is 1. The molecular formula is C20H20BrNO3. The molecule has 0 aromatic heterocycles. The summed E-state index contributed by atoms with van der Waals surface area (Å²) < 4.78 is 5.47. The van der Waals surface area contributed by atoms with E-state index in [-0.39, 0.29) is 29.4 Å². The number of likely N-dealkylation sites (tertiary alicyclic amines) is 1. The summed E-state index contributed by atoms with van der Waals surface area (Å²) in [5.41, 5.74) is 2.03. The quantitative estimate of drug-likeness (QED) is 0.728. The molecule has 0 spiro atoms. The maximum Gasteiger partial charge on any atom is 0.410 e. The fraction of sp³-hybridized carbons (Fsp3) is 0.300. The van der Waals surface area contributed by atoms with Crippen LogP contribution < -0.4 is 0 Å². The number of hydrogen-bond acceptors (Lipinski definition) is 3. The first-order valence-electron chi connectivity index (χ1n) is 8.33. The first kappa shape index (κ1) is 17.7. The van der Waals surface area contributed by atoms with Crippen molar-refractivity contribution in [1.82, 2.24) is 4.90 Å². The lowest BCUT2D eigenvalue weighted by Crippen LogP contribution is -2.53. The fourth-order valence-electron chi connectivity index (χ4n) is 3.01. The summed E-state index contributed by atoms with van der Waals surface area (Å²) in [6.45, 7) is 0.626. The number of halogens is 1. The number of carbonyl (C=O) groups excluding carboxylic acids is 2. The first-order chi connectivity index (χ1) is 12.1. The van der Waals surface area contributed by atoms with Gasteiger partial charge in [0.2, 0.25) is 0 Å². The Morgan fingerprint density at radius 3 is 2.28 bits per heavy atom. The Morgan fingerprint density at radius 1 is 1.04 bits per heavy atom. The molecule has 0 saturated carbocycles. The van der Waals surface area contributed by atoms with E-state index in [1.54, 1.807) is 4.90 Å². The van der Waals surface area contributed by atoms with E-state index in [9.17, 15) is 9.59 Å². The Hall–Kier alpha value is -2.14. The normalized spacial score (nSPS) is 20.4. The summed E-state index contributed by atoms with van der Waals surface area (Å²) in [4.78, 5) is 26.0. The van der Waals surface area contributed by atoms with Crippen LogP contribution in [0.25, 0.3) is 0 Å². The molecule has 0 bridgehead atoms. The van der Waals surface area contributed by atoms with Crippen LogP contribution in [0.1, 0.15) is 17.5 Å². The van der Waals surface area contributed by atoms with Crippen LogP contribution in [0, 0.1) is 0 Å². The van der Waals surface area contributed by atoms with Gasteiger partial charge in [0.15, 0.2) is 0 Å². The lowest BCUT2D eigenvalue weighted by atomic mass is 9.95. The Kier molecular flexibility index (Phi) is 5.87. The van der Waals surface area contributed by atoms with E-state index in [0.717, 1.165) is 11.1 Å². The predicted octanol–water partition coefficient (Wildman–Crippen LogP) is 3.97. The molecule has 1 saturated heterocycles. The molecule has 0 radical (unpaired) electrons. The van der Waals surface area contributed by atoms with Gasteiger partial charge < -0.3 is 9.64 Å². The SMILES string of the molecule is O=C1CCN(C(=O)OCc2ccccc2)C(Cc2ccccc2)C1Br. The molecule has 25 heavy (non-hydrogen) atoms. The van der Waals surface area contributed by atoms with Crippen molar-refractivity contribution in [2.45, 2.75) is 30.3 Å². The van der Waals surface area contributed by atoms with Crippen molar-refractivity contribution in [3.05, 3.63) is 71.8 Å². The molecule has 130 valence electrons. The summed E-state index contributed by atoms with van der Waals surface area (Å²) in [5.74, 6) is 0.132. The molecule has 1 amide bonds. The zero-order chi connectivity index (χ0) is 17.6. The third-order valence-corrected chi connectivity index (χ3v) is 5.49. The zero-order valence-electron chi connectivity index (χ0n) is 13.8. The topological polar surface area (TPSA) is 46.6 Å². The average Bonchev–Trinajstić information content (AvgIpc) is 2.65. The Bertz CT molecular complexity index is 720. The second-order valence-corrected chi connectivity index (χ2v) is 7.10. The van der Waals surface area contributed by atoms with Gasteiger partial charge in [-0.1, -0.05) is 76.6 Å². The van der Waals surface area contributed by atoms with Gasteiger partial charge in [0, 0.05) is 13.0 Å². The molecule has 3 rings (SSSR count). The molecule has 2 unspecified atom stereocenters. The van der Waals surface area contributed by atoms with Gasteiger partial charge >= 0.3 is 6.09 Å². The summed E-state index contributed by atoms with van der Waals surface area (Å²) in [7, 11) is 0. The number of benzene rings is 2. The van der Waals surface area contributed by atoms with Gasteiger partial charge in [0.1, 0.15) is 12.4 Å². The minimum absolute atomic E-state index is 0.132. The van der Waals surface area contributed by atoms with Gasteiger partial charge in [0.25, 0.3) is 0 Å². The molecule has 1 aliphatic rings. The van der Waals surface area contributed by atoms with Crippen molar-refractivity contribution in [2.24, 2.45) is 0 Å². The maximum atomic E-state index is 12.6. The zero-order valence-corrected chi connectivity index (χ0v) is 15.4. The van der Waals surface area contributed by atoms with E-state index < -0.39 is 0 Å². The minimum atomic E-state index is -0.373. The lowest BCUT2D eigenvalue weighted by Gasteiger charge is -2.37. The smallest absolute Gasteiger partial charge is 0.410 e. The van der Waals surface area contributed by atoms with E-state index in [0.29, 0.717) is 19.4 Å². The third-order valence-electron chi connectivity index (χ3n) is 4.37. The summed E-state index contributed by atoms with van der Waals surface area (Å²) >= 11 is 3.48. The van der Waals surface area contributed by atoms with Crippen LogP contribution in [0.5, 0.6) is 0 Å². The summed E-state index contributed by atoms with van der Waals surface area (Å²) in [6, 6.07) is 19.2. The highest BCUT2D eigenvalue weighted by atomic mass is 79.9. The molecule has 0 aliphatic carbocycles. The van der Waals surface area contributed by atoms with Gasteiger partial charge in [-0.3, -0.25) is 4.79 Å². The fourth-order valence-corrected chi connectivity index (χ4v) is 3.71. The summed E-state index contributed by atoms with van der Waals surface area (Å²) in [6.07, 6.45) is 0.589. The monoisotopic (exact) mass is 401 g/mol. The van der Waals surface area contributed by atoms with Crippen LogP contribution in [0.2, 0.25) is 0 Å². The maximum absolute atomic E-state index is 12.6. The molecule has 5 heteroatoms. The van der Waals surface area contributed by atoms with Crippen molar-refractivity contribution in [2.75, 3.05) is 6.54 Å². The van der Waals surface area contributed by atoms with Crippen molar-refractivity contribution < 1.29 is 14.3 Å². The van der Waals surface area contributed by atoms with Gasteiger partial charge in [-0.2, -0.15) is 0 Å². The van der Waals surface area contributed by atoms with Gasteiger partial charge in [-0.25, -0.2) is 4.79 Å². The number of rotatable bonds is 4. The molecule has 2 aromatic rings. The van der Waals surface area contributed by atoms with E-state index in [4.69, 9.17) is 4.74 Å². The number of carbonyl (C=O) groups is 2. The largest absolute Gasteiger partial charge is 0.445 e. The lowest BCUT2D eigenvalue weighted by molar-refractivity contribution is -0.121. The number of ketones is 1. The predicted molar refractivity (Wildman–Crippen MR) is 99.6 cm³/mol. The highest BCUT2D eigenvalue weighted by molar-refractivity contribution is 9.10. The van der Waals surface area contributed by atoms with E-state index in [1.807, 2.05) is 60.7 Å². The number of piperidine rings is 1. The van der Waals surface area contributed by atoms with Crippen molar-refractivity contribution in [3.8, 4) is 0 Å². The highest BCUT2D eigenvalue weighted by Crippen LogP contribution is 2.25. The van der Waals surface area contributed by atoms with Crippen molar-refractivity contribution in [3.63, 3.8) is 0 Å². The average molecular weight is 402 g/mol. The molecule has 4 nitrogen and oxygen atoms in total.